The van der Waals surface area contributed by atoms with E-state index in [1.807, 2.05) is 55.5 Å². The van der Waals surface area contributed by atoms with E-state index in [9.17, 15) is 14.0 Å². The van der Waals surface area contributed by atoms with Crippen molar-refractivity contribution in [3.05, 3.63) is 132 Å². The Hall–Kier alpha value is -4.76. The molecule has 0 amide bonds. The number of hydrogen-bond acceptors (Lipinski definition) is 6. The minimum absolute atomic E-state index is 0.200. The molecule has 1 aliphatic rings. The van der Waals surface area contributed by atoms with Crippen LogP contribution in [0.1, 0.15) is 42.3 Å². The SMILES string of the molecule is CCOC(=O)C1=C(C)N=c2s/c(=C\c3c(C)n(Cc4ccccc4F)c4ccccc34)c(=O)n2[C@@H]1c1ccc(OC)cc1. The third-order valence-corrected chi connectivity index (χ3v) is 8.77. The van der Waals surface area contributed by atoms with Crippen LogP contribution in [0.3, 0.4) is 0 Å². The van der Waals surface area contributed by atoms with Gasteiger partial charge >= 0.3 is 5.97 Å². The number of rotatable bonds is 7. The Morgan fingerprint density at radius 1 is 1.05 bits per heavy atom. The Bertz CT molecular complexity index is 2090. The molecule has 5 aromatic rings. The number of nitrogens with zero attached hydrogens (tertiary/aromatic N) is 3. The summed E-state index contributed by atoms with van der Waals surface area (Å²) in [6.45, 7) is 6.04. The third kappa shape index (κ3) is 4.99. The fraction of sp³-hybridized carbons (Fsp3) is 0.206. The zero-order valence-electron chi connectivity index (χ0n) is 24.3. The molecule has 3 heterocycles. The molecule has 0 fully saturated rings. The minimum atomic E-state index is -0.716. The van der Waals surface area contributed by atoms with Crippen LogP contribution in [0.5, 0.6) is 5.75 Å². The number of halogens is 1. The van der Waals surface area contributed by atoms with Crippen molar-refractivity contribution in [3.8, 4) is 5.75 Å². The molecule has 0 spiro atoms. The molecule has 0 saturated carbocycles. The van der Waals surface area contributed by atoms with Crippen LogP contribution < -0.4 is 19.6 Å². The summed E-state index contributed by atoms with van der Waals surface area (Å²) in [4.78, 5) is 32.5. The molecule has 0 saturated heterocycles. The number of benzene rings is 3. The predicted octanol–water partition coefficient (Wildman–Crippen LogP) is 5.26. The molecule has 0 unspecified atom stereocenters. The van der Waals surface area contributed by atoms with E-state index in [2.05, 4.69) is 9.56 Å². The molecule has 43 heavy (non-hydrogen) atoms. The highest BCUT2D eigenvalue weighted by molar-refractivity contribution is 7.07. The number of carbonyl (C=O) groups excluding carboxylic acids is 1. The number of thiazole rings is 1. The van der Waals surface area contributed by atoms with E-state index in [0.717, 1.165) is 27.7 Å². The maximum absolute atomic E-state index is 14.6. The average molecular weight is 596 g/mol. The smallest absolute Gasteiger partial charge is 0.338 e. The summed E-state index contributed by atoms with van der Waals surface area (Å²) in [7, 11) is 1.58. The molecule has 0 radical (unpaired) electrons. The molecule has 1 aliphatic heterocycles. The lowest BCUT2D eigenvalue weighted by atomic mass is 9.96. The van der Waals surface area contributed by atoms with Crippen molar-refractivity contribution in [2.75, 3.05) is 13.7 Å². The topological polar surface area (TPSA) is 74.8 Å². The Labute approximate surface area is 251 Å². The number of esters is 1. The van der Waals surface area contributed by atoms with Gasteiger partial charge in [-0.25, -0.2) is 14.2 Å². The number of fused-ring (bicyclic) bond motifs is 2. The summed E-state index contributed by atoms with van der Waals surface area (Å²) < 4.78 is 29.5. The standard InChI is InChI=1S/C34H30FN3O4S/c1-5-42-33(40)30-20(2)36-34-38(31(30)22-14-16-24(41-4)17-15-22)32(39)29(43-34)18-26-21(3)37(28-13-9-7-11-25(26)28)19-23-10-6-8-12-27(23)35/h6-18,31H,5,19H2,1-4H3/b29-18-/t31-/m1/s1. The van der Waals surface area contributed by atoms with Gasteiger partial charge in [-0.15, -0.1) is 0 Å². The maximum Gasteiger partial charge on any atom is 0.338 e. The van der Waals surface area contributed by atoms with Crippen molar-refractivity contribution in [3.63, 3.8) is 0 Å². The van der Waals surface area contributed by atoms with Crippen LogP contribution in [0.2, 0.25) is 0 Å². The number of methoxy groups -OCH3 is 1. The van der Waals surface area contributed by atoms with Gasteiger partial charge in [-0.2, -0.15) is 0 Å². The highest BCUT2D eigenvalue weighted by Crippen LogP contribution is 2.32. The Kier molecular flexibility index (Phi) is 7.58. The maximum atomic E-state index is 14.6. The third-order valence-electron chi connectivity index (χ3n) is 7.79. The van der Waals surface area contributed by atoms with Crippen LogP contribution >= 0.6 is 11.3 Å². The second kappa shape index (κ2) is 11.5. The first-order valence-corrected chi connectivity index (χ1v) is 14.8. The quantitative estimate of drug-likeness (QED) is 0.241. The van der Waals surface area contributed by atoms with Gasteiger partial charge in [0.25, 0.3) is 5.56 Å². The summed E-state index contributed by atoms with van der Waals surface area (Å²) in [6.07, 6.45) is 1.88. The van der Waals surface area contributed by atoms with Crippen LogP contribution in [0.25, 0.3) is 17.0 Å². The lowest BCUT2D eigenvalue weighted by Gasteiger charge is -2.24. The molecular formula is C34H30FN3O4S. The van der Waals surface area contributed by atoms with Crippen LogP contribution in [-0.4, -0.2) is 28.8 Å². The predicted molar refractivity (Wildman–Crippen MR) is 166 cm³/mol. The van der Waals surface area contributed by atoms with Crippen molar-refractivity contribution >= 4 is 34.3 Å². The lowest BCUT2D eigenvalue weighted by molar-refractivity contribution is -0.139. The van der Waals surface area contributed by atoms with Crippen molar-refractivity contribution in [1.29, 1.82) is 0 Å². The van der Waals surface area contributed by atoms with Gasteiger partial charge < -0.3 is 14.0 Å². The van der Waals surface area contributed by atoms with E-state index in [1.165, 1.54) is 17.4 Å². The van der Waals surface area contributed by atoms with Gasteiger partial charge in [0, 0.05) is 27.7 Å². The fourth-order valence-corrected chi connectivity index (χ4v) is 6.69. The minimum Gasteiger partial charge on any atom is -0.497 e. The summed E-state index contributed by atoms with van der Waals surface area (Å²) in [6, 6.07) is 21.2. The van der Waals surface area contributed by atoms with Gasteiger partial charge in [0.2, 0.25) is 0 Å². The normalized spacial score (nSPS) is 15.0. The second-order valence-electron chi connectivity index (χ2n) is 10.3. The van der Waals surface area contributed by atoms with Crippen molar-refractivity contribution in [1.82, 2.24) is 9.13 Å². The number of allylic oxidation sites excluding steroid dienone is 1. The van der Waals surface area contributed by atoms with E-state index in [-0.39, 0.29) is 18.0 Å². The highest BCUT2D eigenvalue weighted by atomic mass is 32.1. The number of aromatic nitrogens is 2. The monoisotopic (exact) mass is 595 g/mol. The molecule has 0 aliphatic carbocycles. The van der Waals surface area contributed by atoms with Crippen molar-refractivity contribution in [2.45, 2.75) is 33.4 Å². The Morgan fingerprint density at radius 2 is 1.77 bits per heavy atom. The average Bonchev–Trinajstić information content (AvgIpc) is 3.46. The van der Waals surface area contributed by atoms with Crippen molar-refractivity contribution in [2.24, 2.45) is 4.99 Å². The molecule has 1 atom stereocenters. The van der Waals surface area contributed by atoms with Gasteiger partial charge in [0.05, 0.1) is 42.1 Å². The van der Waals surface area contributed by atoms with E-state index in [0.29, 0.717) is 38.5 Å². The highest BCUT2D eigenvalue weighted by Gasteiger charge is 2.33. The molecule has 6 rings (SSSR count). The number of para-hydroxylation sites is 1. The molecular weight excluding hydrogens is 565 g/mol. The summed E-state index contributed by atoms with van der Waals surface area (Å²) in [5.74, 6) is -0.108. The first kappa shape index (κ1) is 28.4. The molecule has 2 aromatic heterocycles. The van der Waals surface area contributed by atoms with Gasteiger partial charge in [0.15, 0.2) is 4.80 Å². The van der Waals surface area contributed by atoms with Gasteiger partial charge in [0.1, 0.15) is 11.6 Å². The zero-order valence-corrected chi connectivity index (χ0v) is 25.1. The zero-order chi connectivity index (χ0) is 30.2. The molecule has 218 valence electrons. The molecule has 7 nitrogen and oxygen atoms in total. The summed E-state index contributed by atoms with van der Waals surface area (Å²) in [5, 5.41) is 0.956. The van der Waals surface area contributed by atoms with Gasteiger partial charge in [-0.3, -0.25) is 9.36 Å². The van der Waals surface area contributed by atoms with E-state index in [4.69, 9.17) is 9.47 Å². The van der Waals surface area contributed by atoms with Crippen LogP contribution in [0.15, 0.2) is 93.9 Å². The number of ether oxygens (including phenoxy) is 2. The Morgan fingerprint density at radius 3 is 2.49 bits per heavy atom. The van der Waals surface area contributed by atoms with Crippen LogP contribution in [0.4, 0.5) is 4.39 Å². The Balaban J connectivity index is 1.54. The van der Waals surface area contributed by atoms with Crippen molar-refractivity contribution < 1.29 is 18.7 Å². The van der Waals surface area contributed by atoms with E-state index >= 15 is 0 Å². The lowest BCUT2D eigenvalue weighted by Crippen LogP contribution is -2.39. The largest absolute Gasteiger partial charge is 0.497 e. The molecule has 9 heteroatoms. The van der Waals surface area contributed by atoms with Crippen LogP contribution in [0, 0.1) is 12.7 Å². The van der Waals surface area contributed by atoms with Gasteiger partial charge in [-0.05, 0) is 56.7 Å². The molecule has 3 aromatic carbocycles. The summed E-state index contributed by atoms with van der Waals surface area (Å²) >= 11 is 1.27. The van der Waals surface area contributed by atoms with E-state index < -0.39 is 12.0 Å². The van der Waals surface area contributed by atoms with Crippen LogP contribution in [-0.2, 0) is 16.1 Å². The molecule has 0 bridgehead atoms. The van der Waals surface area contributed by atoms with Gasteiger partial charge in [-0.1, -0.05) is 59.9 Å². The fourth-order valence-electron chi connectivity index (χ4n) is 5.66. The molecule has 0 N–H and O–H groups in total. The first-order chi connectivity index (χ1) is 20.8. The summed E-state index contributed by atoms with van der Waals surface area (Å²) in [5.41, 5.74) is 4.61. The second-order valence-corrected chi connectivity index (χ2v) is 11.3. The number of hydrogen-bond donors (Lipinski definition) is 0. The van der Waals surface area contributed by atoms with E-state index in [1.54, 1.807) is 49.8 Å². The number of carbonyl (C=O) groups is 1. The first-order valence-electron chi connectivity index (χ1n) is 14.0.